The fraction of sp³-hybridized carbons (Fsp3) is 1.00. The lowest BCUT2D eigenvalue weighted by Gasteiger charge is -2.31. The molecule has 0 bridgehead atoms. The largest absolute Gasteiger partial charge is 0.393 e. The summed E-state index contributed by atoms with van der Waals surface area (Å²) < 4.78 is 0. The highest BCUT2D eigenvalue weighted by Gasteiger charge is 2.23. The van der Waals surface area contributed by atoms with E-state index in [2.05, 4.69) is 30.9 Å². The smallest absolute Gasteiger partial charge is 0.0580 e. The normalized spacial score (nSPS) is 26.6. The minimum Gasteiger partial charge on any atom is -0.393 e. The van der Waals surface area contributed by atoms with E-state index in [0.29, 0.717) is 5.92 Å². The van der Waals surface area contributed by atoms with Crippen molar-refractivity contribution >= 4 is 0 Å². The fourth-order valence-electron chi connectivity index (χ4n) is 2.55. The van der Waals surface area contributed by atoms with Crippen molar-refractivity contribution < 1.29 is 5.11 Å². The summed E-state index contributed by atoms with van der Waals surface area (Å²) in [5.74, 6) is 0.512. The van der Waals surface area contributed by atoms with Crippen molar-refractivity contribution in [2.75, 3.05) is 40.8 Å². The highest BCUT2D eigenvalue weighted by Crippen LogP contribution is 2.24. The maximum Gasteiger partial charge on any atom is 0.0580 e. The number of hydrogen-bond acceptors (Lipinski definition) is 3. The zero-order valence-electron chi connectivity index (χ0n) is 11.2. The number of aliphatic hydroxyl groups excluding tert-OH is 1. The highest BCUT2D eigenvalue weighted by molar-refractivity contribution is 4.76. The summed E-state index contributed by atoms with van der Waals surface area (Å²) in [4.78, 5) is 4.60. The third kappa shape index (κ3) is 5.28. The molecule has 0 aromatic heterocycles. The molecule has 1 N–H and O–H groups in total. The van der Waals surface area contributed by atoms with Crippen LogP contribution in [0.2, 0.25) is 0 Å². The maximum atomic E-state index is 9.90. The van der Waals surface area contributed by atoms with E-state index in [-0.39, 0.29) is 6.10 Å². The fourth-order valence-corrected chi connectivity index (χ4v) is 2.55. The van der Waals surface area contributed by atoms with Gasteiger partial charge in [-0.1, -0.05) is 12.8 Å². The van der Waals surface area contributed by atoms with Crippen LogP contribution < -0.4 is 0 Å². The molecule has 0 amide bonds. The lowest BCUT2D eigenvalue weighted by molar-refractivity contribution is 0.0510. The Balaban J connectivity index is 2.14. The van der Waals surface area contributed by atoms with Crippen LogP contribution in [0.4, 0.5) is 0 Å². The van der Waals surface area contributed by atoms with E-state index in [1.54, 1.807) is 0 Å². The van der Waals surface area contributed by atoms with Gasteiger partial charge in [0.15, 0.2) is 0 Å². The molecule has 0 saturated heterocycles. The standard InChI is InChI=1S/C13H28N2O/c1-14(2)9-6-10-15(3)11-12-7-4-5-8-13(12)16/h12-13,16H,4-11H2,1-3H3. The molecular formula is C13H28N2O. The van der Waals surface area contributed by atoms with Gasteiger partial charge >= 0.3 is 0 Å². The molecule has 1 aliphatic carbocycles. The molecule has 0 spiro atoms. The molecule has 1 rings (SSSR count). The van der Waals surface area contributed by atoms with Crippen LogP contribution in [0.25, 0.3) is 0 Å². The Morgan fingerprint density at radius 3 is 2.38 bits per heavy atom. The predicted molar refractivity (Wildman–Crippen MR) is 68.6 cm³/mol. The van der Waals surface area contributed by atoms with Crippen LogP contribution in [0.15, 0.2) is 0 Å². The molecule has 0 aromatic carbocycles. The van der Waals surface area contributed by atoms with Crippen molar-refractivity contribution in [2.24, 2.45) is 5.92 Å². The van der Waals surface area contributed by atoms with Gasteiger partial charge in [-0.25, -0.2) is 0 Å². The van der Waals surface area contributed by atoms with Crippen LogP contribution in [-0.2, 0) is 0 Å². The van der Waals surface area contributed by atoms with Gasteiger partial charge in [0, 0.05) is 6.54 Å². The molecule has 16 heavy (non-hydrogen) atoms. The van der Waals surface area contributed by atoms with Gasteiger partial charge < -0.3 is 14.9 Å². The Kier molecular flexibility index (Phi) is 6.32. The quantitative estimate of drug-likeness (QED) is 0.745. The minimum absolute atomic E-state index is 0.0509. The SMILES string of the molecule is CN(C)CCCN(C)CC1CCCCC1O. The average molecular weight is 228 g/mol. The number of nitrogens with zero attached hydrogens (tertiary/aromatic N) is 2. The second kappa shape index (κ2) is 7.25. The van der Waals surface area contributed by atoms with E-state index in [0.717, 1.165) is 26.1 Å². The van der Waals surface area contributed by atoms with E-state index in [1.807, 2.05) is 0 Å². The van der Waals surface area contributed by atoms with Gasteiger partial charge in [-0.05, 0) is 59.4 Å². The average Bonchev–Trinajstić information content (AvgIpc) is 2.21. The molecule has 3 heteroatoms. The third-order valence-corrected chi connectivity index (χ3v) is 3.56. The molecule has 1 fully saturated rings. The van der Waals surface area contributed by atoms with Crippen LogP contribution in [0.1, 0.15) is 32.1 Å². The summed E-state index contributed by atoms with van der Waals surface area (Å²) in [6.07, 6.45) is 5.89. The van der Waals surface area contributed by atoms with Gasteiger partial charge in [0.2, 0.25) is 0 Å². The van der Waals surface area contributed by atoms with Crippen LogP contribution in [-0.4, -0.2) is 61.8 Å². The van der Waals surface area contributed by atoms with Gasteiger partial charge in [0.05, 0.1) is 6.10 Å². The van der Waals surface area contributed by atoms with E-state index in [9.17, 15) is 5.11 Å². The molecule has 1 aliphatic rings. The van der Waals surface area contributed by atoms with E-state index in [1.165, 1.54) is 25.7 Å². The molecule has 3 nitrogen and oxygen atoms in total. The predicted octanol–water partition coefficient (Wildman–Crippen LogP) is 1.42. The van der Waals surface area contributed by atoms with Crippen molar-refractivity contribution in [1.29, 1.82) is 0 Å². The van der Waals surface area contributed by atoms with Gasteiger partial charge in [-0.15, -0.1) is 0 Å². The first kappa shape index (κ1) is 13.9. The van der Waals surface area contributed by atoms with Gasteiger partial charge in [-0.3, -0.25) is 0 Å². The molecule has 0 radical (unpaired) electrons. The van der Waals surface area contributed by atoms with E-state index >= 15 is 0 Å². The highest BCUT2D eigenvalue weighted by atomic mass is 16.3. The van der Waals surface area contributed by atoms with Crippen LogP contribution >= 0.6 is 0 Å². The molecule has 0 aliphatic heterocycles. The summed E-state index contributed by atoms with van der Waals surface area (Å²) in [5, 5.41) is 9.90. The van der Waals surface area contributed by atoms with Crippen LogP contribution in [0.5, 0.6) is 0 Å². The number of aliphatic hydroxyl groups is 1. The van der Waals surface area contributed by atoms with Gasteiger partial charge in [-0.2, -0.15) is 0 Å². The van der Waals surface area contributed by atoms with Crippen molar-refractivity contribution in [1.82, 2.24) is 9.80 Å². The van der Waals surface area contributed by atoms with Crippen molar-refractivity contribution in [3.63, 3.8) is 0 Å². The summed E-state index contributed by atoms with van der Waals surface area (Å²) in [6.45, 7) is 3.35. The Bertz CT molecular complexity index is 185. The van der Waals surface area contributed by atoms with E-state index in [4.69, 9.17) is 0 Å². The summed E-state index contributed by atoms with van der Waals surface area (Å²) >= 11 is 0. The van der Waals surface area contributed by atoms with Crippen LogP contribution in [0, 0.1) is 5.92 Å². The monoisotopic (exact) mass is 228 g/mol. The summed E-state index contributed by atoms with van der Waals surface area (Å²) in [7, 11) is 6.41. The Labute approximate surface area is 100 Å². The summed E-state index contributed by atoms with van der Waals surface area (Å²) in [6, 6.07) is 0. The topological polar surface area (TPSA) is 26.7 Å². The first-order valence-electron chi connectivity index (χ1n) is 6.61. The molecule has 2 atom stereocenters. The third-order valence-electron chi connectivity index (χ3n) is 3.56. The second-order valence-corrected chi connectivity index (χ2v) is 5.53. The summed E-state index contributed by atoms with van der Waals surface area (Å²) in [5.41, 5.74) is 0. The van der Waals surface area contributed by atoms with Gasteiger partial charge in [0.1, 0.15) is 0 Å². The molecule has 2 unspecified atom stereocenters. The first-order chi connectivity index (χ1) is 7.59. The maximum absolute atomic E-state index is 9.90. The zero-order valence-corrected chi connectivity index (χ0v) is 11.2. The van der Waals surface area contributed by atoms with Crippen molar-refractivity contribution in [3.8, 4) is 0 Å². The van der Waals surface area contributed by atoms with Crippen molar-refractivity contribution in [3.05, 3.63) is 0 Å². The Morgan fingerprint density at radius 1 is 1.06 bits per heavy atom. The van der Waals surface area contributed by atoms with Crippen LogP contribution in [0.3, 0.4) is 0 Å². The Morgan fingerprint density at radius 2 is 1.75 bits per heavy atom. The number of rotatable bonds is 6. The molecule has 0 aromatic rings. The minimum atomic E-state index is -0.0509. The lowest BCUT2D eigenvalue weighted by Crippen LogP contribution is -2.36. The molecule has 0 heterocycles. The molecular weight excluding hydrogens is 200 g/mol. The molecule has 96 valence electrons. The number of hydrogen-bond donors (Lipinski definition) is 1. The Hall–Kier alpha value is -0.120. The van der Waals surface area contributed by atoms with Crippen molar-refractivity contribution in [2.45, 2.75) is 38.2 Å². The zero-order chi connectivity index (χ0) is 12.0. The lowest BCUT2D eigenvalue weighted by atomic mass is 9.86. The molecule has 1 saturated carbocycles. The second-order valence-electron chi connectivity index (χ2n) is 5.53. The first-order valence-corrected chi connectivity index (χ1v) is 6.61. The van der Waals surface area contributed by atoms with Gasteiger partial charge in [0.25, 0.3) is 0 Å². The van der Waals surface area contributed by atoms with E-state index < -0.39 is 0 Å².